The second-order valence-electron chi connectivity index (χ2n) is 2.06. The average molecular weight is 450 g/mol. The Hall–Kier alpha value is 6.02. The van der Waals surface area contributed by atoms with Crippen molar-refractivity contribution in [2.75, 3.05) is 0 Å². The first-order valence-corrected chi connectivity index (χ1v) is 27.6. The van der Waals surface area contributed by atoms with Gasteiger partial charge in [-0.15, -0.1) is 71.4 Å². The largest absolute Gasteiger partial charge is 0.102 e. The predicted octanol–water partition coefficient (Wildman–Crippen LogP) is 7.77. The summed E-state index contributed by atoms with van der Waals surface area (Å²) in [4.78, 5) is 0. The molecule has 0 aromatic rings. The topological polar surface area (TPSA) is 0 Å². The molecule has 0 aliphatic carbocycles. The van der Waals surface area contributed by atoms with E-state index in [9.17, 15) is 0 Å². The summed E-state index contributed by atoms with van der Waals surface area (Å²) in [6, 6.07) is 0. The van der Waals surface area contributed by atoms with Crippen LogP contribution in [0, 0.1) is 0 Å². The number of hydrogen-bond donors (Lipinski definition) is 0. The van der Waals surface area contributed by atoms with Crippen molar-refractivity contribution in [1.82, 2.24) is 0 Å². The molecule has 0 saturated heterocycles. The van der Waals surface area contributed by atoms with Crippen LogP contribution in [0.1, 0.15) is 0 Å². The van der Waals surface area contributed by atoms with Crippen molar-refractivity contribution in [2.24, 2.45) is 0 Å². The van der Waals surface area contributed by atoms with Crippen molar-refractivity contribution in [1.29, 1.82) is 0 Å². The van der Waals surface area contributed by atoms with Gasteiger partial charge >= 0.3 is 0 Å². The number of rotatable bonds is 5. The lowest BCUT2D eigenvalue weighted by Crippen LogP contribution is -1.48. The summed E-state index contributed by atoms with van der Waals surface area (Å²) < 4.78 is 0. The van der Waals surface area contributed by atoms with Gasteiger partial charge in [-0.1, -0.05) is 0 Å². The second-order valence-corrected chi connectivity index (χ2v) is 55.5. The third-order valence-corrected chi connectivity index (χ3v) is 79.9. The van der Waals surface area contributed by atoms with Gasteiger partial charge in [0.15, 0.2) is 0 Å². The van der Waals surface area contributed by atoms with Crippen LogP contribution in [0.2, 0.25) is 0 Å². The van der Waals surface area contributed by atoms with Crippen molar-refractivity contribution in [3.8, 4) is 0 Å². The summed E-state index contributed by atoms with van der Waals surface area (Å²) in [5.41, 5.74) is 0. The fourth-order valence-electron chi connectivity index (χ4n) is 0.608. The highest BCUT2D eigenvalue weighted by atomic mass is 33.3. The Morgan fingerprint density at radius 1 is 0.357 bits per heavy atom. The molecule has 0 radical (unpaired) electrons. The van der Waals surface area contributed by atoms with Gasteiger partial charge in [0.2, 0.25) is 0 Å². The second kappa shape index (κ2) is 10.7. The SMILES string of the molecule is PP(P)P(P(P)P)P(P(P)P)P(P)P. The van der Waals surface area contributed by atoms with Crippen LogP contribution < -0.4 is 0 Å². The van der Waals surface area contributed by atoms with Crippen molar-refractivity contribution < 1.29 is 0 Å². The van der Waals surface area contributed by atoms with E-state index >= 15 is 0 Å². The van der Waals surface area contributed by atoms with Crippen LogP contribution in [-0.4, -0.2) is 0 Å². The van der Waals surface area contributed by atoms with Gasteiger partial charge in [-0.25, -0.2) is 0 Å². The van der Waals surface area contributed by atoms with Crippen LogP contribution in [0.5, 0.6) is 0 Å². The molecule has 0 fully saturated rings. The molecule has 0 N–H and O–H groups in total. The first-order chi connectivity index (χ1) is 6.29. The molecule has 0 heterocycles. The monoisotopic (exact) mass is 450 g/mol. The van der Waals surface area contributed by atoms with Gasteiger partial charge in [0.1, 0.15) is 0 Å². The van der Waals surface area contributed by atoms with Crippen LogP contribution in [0.4, 0.5) is 0 Å². The van der Waals surface area contributed by atoms with Crippen LogP contribution in [0.25, 0.3) is 0 Å². The van der Waals surface area contributed by atoms with Crippen LogP contribution in [0.15, 0.2) is 0 Å². The molecule has 86 valence electrons. The van der Waals surface area contributed by atoms with Crippen molar-refractivity contribution >= 4 is 113 Å². The van der Waals surface area contributed by atoms with Crippen LogP contribution >= 0.6 is 113 Å². The molecule has 0 aliphatic heterocycles. The highest BCUT2D eigenvalue weighted by Crippen LogP contribution is 3.21. The molecule has 0 aromatic carbocycles. The molecule has 0 aliphatic rings. The van der Waals surface area contributed by atoms with Gasteiger partial charge in [-0.3, -0.25) is 0 Å². The standard InChI is InChI=1S/H16P14/c1-9(2)13(10(3)4)14(11(5)6)12(7)8/h1-8H2. The van der Waals surface area contributed by atoms with E-state index in [0.717, 1.165) is 0 Å². The molecule has 0 spiro atoms. The lowest BCUT2D eigenvalue weighted by molar-refractivity contribution is 4.58. The minimum atomic E-state index is 0.0856. The molecular weight excluding hydrogens is 434 g/mol. The van der Waals surface area contributed by atoms with Crippen molar-refractivity contribution in [3.63, 3.8) is 0 Å². The lowest BCUT2D eigenvalue weighted by atomic mass is 28.6. The number of hydrogen-bond acceptors (Lipinski definition) is 0. The Bertz CT molecular complexity index is 108. The van der Waals surface area contributed by atoms with Gasteiger partial charge < -0.3 is 0 Å². The molecular formula is H16P14. The van der Waals surface area contributed by atoms with Gasteiger partial charge in [0.25, 0.3) is 0 Å². The van der Waals surface area contributed by atoms with Crippen LogP contribution in [0.3, 0.4) is 0 Å². The van der Waals surface area contributed by atoms with E-state index in [1.807, 2.05) is 0 Å². The first-order valence-electron chi connectivity index (χ1n) is 3.07. The van der Waals surface area contributed by atoms with E-state index in [1.165, 1.54) is 0 Å². The van der Waals surface area contributed by atoms with Gasteiger partial charge in [0, 0.05) is 0 Å². The summed E-state index contributed by atoms with van der Waals surface area (Å²) in [6.45, 7) is 0.741. The molecule has 0 bridgehead atoms. The summed E-state index contributed by atoms with van der Waals surface area (Å²) in [7, 11) is 24.4. The van der Waals surface area contributed by atoms with Gasteiger partial charge in [-0.2, -0.15) is 0 Å². The zero-order valence-corrected chi connectivity index (χ0v) is 21.9. The van der Waals surface area contributed by atoms with E-state index in [2.05, 4.69) is 71.4 Å². The third-order valence-electron chi connectivity index (χ3n) is 0.986. The fourth-order valence-corrected chi connectivity index (χ4v) is 148. The Morgan fingerprint density at radius 2 is 0.500 bits per heavy atom. The Kier molecular flexibility index (Phi) is 15.3. The first kappa shape index (κ1) is 20.0. The van der Waals surface area contributed by atoms with E-state index in [1.54, 1.807) is 0 Å². The predicted molar refractivity (Wildman–Crippen MR) is 119 cm³/mol. The molecule has 14 heteroatoms. The zero-order valence-electron chi connectivity index (χ0n) is 7.30. The van der Waals surface area contributed by atoms with E-state index in [-0.39, 0.29) is 41.9 Å². The summed E-state index contributed by atoms with van der Waals surface area (Å²) in [5.74, 6) is 0. The summed E-state index contributed by atoms with van der Waals surface area (Å²) in [5, 5.41) is 0. The van der Waals surface area contributed by atoms with E-state index < -0.39 is 0 Å². The molecule has 0 amide bonds. The Balaban J connectivity index is 4.74. The van der Waals surface area contributed by atoms with Crippen molar-refractivity contribution in [3.05, 3.63) is 0 Å². The summed E-state index contributed by atoms with van der Waals surface area (Å²) >= 11 is 0. The molecule has 0 aromatic heterocycles. The van der Waals surface area contributed by atoms with E-state index in [4.69, 9.17) is 0 Å². The Morgan fingerprint density at radius 3 is 0.571 bits per heavy atom. The van der Waals surface area contributed by atoms with Gasteiger partial charge in [0.05, 0.1) is 0 Å². The molecule has 0 nitrogen and oxygen atoms in total. The molecule has 0 saturated carbocycles. The highest BCUT2D eigenvalue weighted by Gasteiger charge is 2.32. The normalized spacial score (nSPS) is 13.3. The fraction of sp³-hybridized carbons (Fsp3) is 0. The minimum absolute atomic E-state index is 0.0856. The smallest absolute Gasteiger partial charge is 0.00515 e. The maximum Gasteiger partial charge on any atom is -0.00515 e. The van der Waals surface area contributed by atoms with Crippen LogP contribution in [-0.2, 0) is 0 Å². The maximum atomic E-state index is 3.05. The third kappa shape index (κ3) is 7.71. The average Bonchev–Trinajstić information content (AvgIpc) is 1.96. The van der Waals surface area contributed by atoms with Gasteiger partial charge in [-0.05, 0) is 41.9 Å². The Labute approximate surface area is 113 Å². The highest BCUT2D eigenvalue weighted by molar-refractivity contribution is 9.27. The van der Waals surface area contributed by atoms with E-state index in [0.29, 0.717) is 0 Å². The molecule has 0 rings (SSSR count). The van der Waals surface area contributed by atoms with Crippen molar-refractivity contribution in [2.45, 2.75) is 0 Å². The quantitative estimate of drug-likeness (QED) is 0.376. The molecule has 8 unspecified atom stereocenters. The molecule has 14 heavy (non-hydrogen) atoms. The minimum Gasteiger partial charge on any atom is -0.102 e. The lowest BCUT2D eigenvalue weighted by Gasteiger charge is -2.37. The zero-order chi connectivity index (χ0) is 11.5. The summed E-state index contributed by atoms with van der Waals surface area (Å²) in [6.07, 6.45) is 0. The maximum absolute atomic E-state index is 3.05. The molecule has 8 atom stereocenters.